The van der Waals surface area contributed by atoms with Crippen LogP contribution in [-0.2, 0) is 0 Å². The quantitative estimate of drug-likeness (QED) is 0.674. The molecule has 0 saturated carbocycles. The van der Waals surface area contributed by atoms with E-state index in [-0.39, 0.29) is 5.84 Å². The molecule has 0 atom stereocenters. The molecule has 0 unspecified atom stereocenters. The second kappa shape index (κ2) is 4.99. The van der Waals surface area contributed by atoms with Gasteiger partial charge in [0.2, 0.25) is 0 Å². The third kappa shape index (κ3) is 2.63. The van der Waals surface area contributed by atoms with Crippen molar-refractivity contribution >= 4 is 44.9 Å². The smallest absolute Gasteiger partial charge is 0.154 e. The number of amidine groups is 1. The third-order valence-electron chi connectivity index (χ3n) is 1.85. The molecule has 3 N–H and O–H groups in total. The van der Waals surface area contributed by atoms with E-state index in [1.807, 2.05) is 23.6 Å². The van der Waals surface area contributed by atoms with E-state index in [2.05, 4.69) is 20.9 Å². The molecule has 0 bridgehead atoms. The summed E-state index contributed by atoms with van der Waals surface area (Å²) in [5.74, 6) is 0.0755. The summed E-state index contributed by atoms with van der Waals surface area (Å²) in [6, 6.07) is 5.62. The van der Waals surface area contributed by atoms with Gasteiger partial charge in [-0.2, -0.15) is 0 Å². The Kier molecular flexibility index (Phi) is 3.63. The van der Waals surface area contributed by atoms with Crippen LogP contribution in [0.5, 0.6) is 0 Å². The number of halogens is 1. The summed E-state index contributed by atoms with van der Waals surface area (Å²) < 4.78 is 1.93. The number of aromatic nitrogens is 1. The molecule has 0 aliphatic carbocycles. The molecule has 1 aromatic carbocycles. The van der Waals surface area contributed by atoms with Gasteiger partial charge in [0.15, 0.2) is 4.34 Å². The van der Waals surface area contributed by atoms with Crippen molar-refractivity contribution in [2.75, 3.05) is 0 Å². The molecule has 3 nitrogen and oxygen atoms in total. The number of hydrogen-bond donors (Lipinski definition) is 2. The Hall–Kier alpha value is -0.850. The first kappa shape index (κ1) is 11.6. The van der Waals surface area contributed by atoms with Crippen molar-refractivity contribution in [2.24, 2.45) is 5.73 Å². The molecule has 0 amide bonds. The SMILES string of the molecule is N=C(N)c1ccc(Sc2nccs2)c(Br)c1. The lowest BCUT2D eigenvalue weighted by molar-refractivity contribution is 1.24. The van der Waals surface area contributed by atoms with Crippen LogP contribution in [0.15, 0.2) is 43.5 Å². The minimum Gasteiger partial charge on any atom is -0.384 e. The minimum atomic E-state index is 0.0755. The molecule has 0 spiro atoms. The number of nitrogens with two attached hydrogens (primary N) is 1. The van der Waals surface area contributed by atoms with Crippen LogP contribution in [0, 0.1) is 5.41 Å². The fourth-order valence-corrected chi connectivity index (χ4v) is 3.31. The Balaban J connectivity index is 2.26. The summed E-state index contributed by atoms with van der Waals surface area (Å²) in [4.78, 5) is 5.27. The number of hydrogen-bond acceptors (Lipinski definition) is 4. The zero-order chi connectivity index (χ0) is 11.5. The maximum atomic E-state index is 7.34. The van der Waals surface area contributed by atoms with Crippen molar-refractivity contribution in [1.29, 1.82) is 5.41 Å². The van der Waals surface area contributed by atoms with Crippen molar-refractivity contribution in [2.45, 2.75) is 9.24 Å². The standard InChI is InChI=1S/C10H8BrN3S2/c11-7-5-6(9(12)13)1-2-8(7)16-10-14-3-4-15-10/h1-5H,(H3,12,13). The lowest BCUT2D eigenvalue weighted by atomic mass is 10.2. The summed E-state index contributed by atoms with van der Waals surface area (Å²) >= 11 is 6.66. The summed E-state index contributed by atoms with van der Waals surface area (Å²) in [6.45, 7) is 0. The van der Waals surface area contributed by atoms with Crippen LogP contribution in [-0.4, -0.2) is 10.8 Å². The number of nitrogens with zero attached hydrogens (tertiary/aromatic N) is 1. The van der Waals surface area contributed by atoms with Gasteiger partial charge in [-0.3, -0.25) is 5.41 Å². The summed E-state index contributed by atoms with van der Waals surface area (Å²) in [6.07, 6.45) is 1.78. The fraction of sp³-hybridized carbons (Fsp3) is 0. The van der Waals surface area contributed by atoms with E-state index in [1.54, 1.807) is 29.3 Å². The van der Waals surface area contributed by atoms with E-state index < -0.39 is 0 Å². The first-order chi connectivity index (χ1) is 7.66. The topological polar surface area (TPSA) is 62.8 Å². The van der Waals surface area contributed by atoms with Gasteiger partial charge in [-0.05, 0) is 28.1 Å². The number of benzene rings is 1. The Labute approximate surface area is 110 Å². The van der Waals surface area contributed by atoms with E-state index in [0.29, 0.717) is 0 Å². The summed E-state index contributed by atoms with van der Waals surface area (Å²) in [5, 5.41) is 9.28. The van der Waals surface area contributed by atoms with Gasteiger partial charge in [0.1, 0.15) is 5.84 Å². The van der Waals surface area contributed by atoms with Crippen LogP contribution in [0.1, 0.15) is 5.56 Å². The van der Waals surface area contributed by atoms with Gasteiger partial charge >= 0.3 is 0 Å². The average Bonchev–Trinajstić information content (AvgIpc) is 2.73. The highest BCUT2D eigenvalue weighted by Gasteiger charge is 2.06. The van der Waals surface area contributed by atoms with E-state index in [4.69, 9.17) is 11.1 Å². The fourth-order valence-electron chi connectivity index (χ4n) is 1.11. The lowest BCUT2D eigenvalue weighted by Gasteiger charge is -2.04. The molecule has 0 aliphatic rings. The number of thiazole rings is 1. The molecule has 0 aliphatic heterocycles. The average molecular weight is 314 g/mol. The highest BCUT2D eigenvalue weighted by Crippen LogP contribution is 2.34. The third-order valence-corrected chi connectivity index (χ3v) is 4.73. The second-order valence-electron chi connectivity index (χ2n) is 2.96. The van der Waals surface area contributed by atoms with Gasteiger partial charge in [0.25, 0.3) is 0 Å². The second-order valence-corrected chi connectivity index (χ2v) is 6.00. The van der Waals surface area contributed by atoms with Crippen molar-refractivity contribution in [3.8, 4) is 0 Å². The first-order valence-corrected chi connectivity index (χ1v) is 6.87. The highest BCUT2D eigenvalue weighted by molar-refractivity contribution is 9.10. The Morgan fingerprint density at radius 1 is 1.50 bits per heavy atom. The van der Waals surface area contributed by atoms with E-state index in [9.17, 15) is 0 Å². The molecule has 82 valence electrons. The van der Waals surface area contributed by atoms with Crippen LogP contribution in [0.25, 0.3) is 0 Å². The largest absolute Gasteiger partial charge is 0.384 e. The van der Waals surface area contributed by atoms with Gasteiger partial charge in [0.05, 0.1) is 0 Å². The molecule has 1 aromatic heterocycles. The van der Waals surface area contributed by atoms with Crippen LogP contribution >= 0.6 is 39.0 Å². The Morgan fingerprint density at radius 2 is 2.31 bits per heavy atom. The highest BCUT2D eigenvalue weighted by atomic mass is 79.9. The van der Waals surface area contributed by atoms with Gasteiger partial charge in [-0.15, -0.1) is 11.3 Å². The molecule has 2 rings (SSSR count). The Bertz CT molecular complexity index is 511. The van der Waals surface area contributed by atoms with Gasteiger partial charge in [-0.1, -0.05) is 17.8 Å². The van der Waals surface area contributed by atoms with Crippen molar-refractivity contribution in [1.82, 2.24) is 4.98 Å². The van der Waals surface area contributed by atoms with Crippen LogP contribution in [0.4, 0.5) is 0 Å². The van der Waals surface area contributed by atoms with Crippen LogP contribution in [0.2, 0.25) is 0 Å². The van der Waals surface area contributed by atoms with E-state index >= 15 is 0 Å². The molecule has 2 aromatic rings. The lowest BCUT2D eigenvalue weighted by Crippen LogP contribution is -2.10. The van der Waals surface area contributed by atoms with Gasteiger partial charge < -0.3 is 5.73 Å². The maximum absolute atomic E-state index is 7.34. The molecule has 16 heavy (non-hydrogen) atoms. The number of nitrogens with one attached hydrogen (secondary N) is 1. The zero-order valence-corrected chi connectivity index (χ0v) is 11.3. The molecule has 6 heteroatoms. The summed E-state index contributed by atoms with van der Waals surface area (Å²) in [7, 11) is 0. The number of rotatable bonds is 3. The van der Waals surface area contributed by atoms with E-state index in [0.717, 1.165) is 19.3 Å². The maximum Gasteiger partial charge on any atom is 0.154 e. The van der Waals surface area contributed by atoms with E-state index in [1.165, 1.54) is 0 Å². The molecule has 1 heterocycles. The van der Waals surface area contributed by atoms with Crippen molar-refractivity contribution < 1.29 is 0 Å². The first-order valence-electron chi connectivity index (χ1n) is 4.38. The van der Waals surface area contributed by atoms with Crippen molar-refractivity contribution in [3.63, 3.8) is 0 Å². The van der Waals surface area contributed by atoms with Crippen LogP contribution in [0.3, 0.4) is 0 Å². The predicted molar refractivity (Wildman–Crippen MR) is 71.4 cm³/mol. The normalized spacial score (nSPS) is 10.3. The molecule has 0 fully saturated rings. The minimum absolute atomic E-state index is 0.0755. The van der Waals surface area contributed by atoms with Crippen molar-refractivity contribution in [3.05, 3.63) is 39.8 Å². The monoisotopic (exact) mass is 313 g/mol. The zero-order valence-electron chi connectivity index (χ0n) is 8.11. The Morgan fingerprint density at radius 3 is 2.88 bits per heavy atom. The molecule has 0 radical (unpaired) electrons. The van der Waals surface area contributed by atoms with Crippen LogP contribution < -0.4 is 5.73 Å². The predicted octanol–water partition coefficient (Wildman–Crippen LogP) is 3.34. The molecular formula is C10H8BrN3S2. The summed E-state index contributed by atoms with van der Waals surface area (Å²) in [5.41, 5.74) is 6.13. The van der Waals surface area contributed by atoms with Gasteiger partial charge in [-0.25, -0.2) is 4.98 Å². The number of nitrogen functional groups attached to an aromatic ring is 1. The molecule has 0 saturated heterocycles. The molecular weight excluding hydrogens is 306 g/mol. The van der Waals surface area contributed by atoms with Gasteiger partial charge in [0, 0.05) is 26.5 Å².